The maximum absolute atomic E-state index is 12.3. The largest absolute Gasteiger partial charge is 0.399 e. The van der Waals surface area contributed by atoms with Crippen LogP contribution >= 0.6 is 0 Å². The number of sulfonamides is 1. The third-order valence-electron chi connectivity index (χ3n) is 2.68. The molecule has 1 aromatic carbocycles. The third-order valence-corrected chi connectivity index (χ3v) is 4.46. The van der Waals surface area contributed by atoms with E-state index in [1.54, 1.807) is 26.8 Å². The highest BCUT2D eigenvalue weighted by Gasteiger charge is 2.26. The number of nitrogens with two attached hydrogens (primary N) is 1. The highest BCUT2D eigenvalue weighted by Crippen LogP contribution is 2.23. The lowest BCUT2D eigenvalue weighted by atomic mass is 10.1. The van der Waals surface area contributed by atoms with E-state index >= 15 is 0 Å². The minimum atomic E-state index is -3.68. The van der Waals surface area contributed by atoms with Crippen molar-refractivity contribution in [3.63, 3.8) is 0 Å². The van der Waals surface area contributed by atoms with Gasteiger partial charge in [0, 0.05) is 5.69 Å². The molecule has 0 amide bonds. The smallest absolute Gasteiger partial charge is 0.242 e. The molecule has 0 spiro atoms. The zero-order valence-electron chi connectivity index (χ0n) is 11.0. The van der Waals surface area contributed by atoms with Crippen LogP contribution in [0.3, 0.4) is 0 Å². The van der Waals surface area contributed by atoms with Gasteiger partial charge in [-0.05, 0) is 51.0 Å². The molecule has 0 aromatic heterocycles. The van der Waals surface area contributed by atoms with Gasteiger partial charge in [-0.15, -0.1) is 6.42 Å². The normalized spacial score (nSPS) is 12.2. The van der Waals surface area contributed by atoms with E-state index in [-0.39, 0.29) is 4.90 Å². The predicted octanol–water partition coefficient (Wildman–Crippen LogP) is 1.58. The first kappa shape index (κ1) is 14.6. The Bertz CT molecular complexity index is 611. The fourth-order valence-electron chi connectivity index (χ4n) is 1.55. The van der Waals surface area contributed by atoms with Crippen molar-refractivity contribution in [1.29, 1.82) is 0 Å². The van der Waals surface area contributed by atoms with Crippen molar-refractivity contribution in [1.82, 2.24) is 4.72 Å². The number of hydrogen-bond donors (Lipinski definition) is 2. The van der Waals surface area contributed by atoms with Crippen molar-refractivity contribution in [3.8, 4) is 12.3 Å². The molecular formula is C13H18N2O2S. The van der Waals surface area contributed by atoms with Crippen LogP contribution in [0.15, 0.2) is 17.0 Å². The molecule has 5 heteroatoms. The second-order valence-corrected chi connectivity index (χ2v) is 6.49. The highest BCUT2D eigenvalue weighted by atomic mass is 32.2. The van der Waals surface area contributed by atoms with E-state index in [0.717, 1.165) is 5.56 Å². The van der Waals surface area contributed by atoms with Crippen LogP contribution in [-0.4, -0.2) is 14.0 Å². The maximum atomic E-state index is 12.3. The van der Waals surface area contributed by atoms with Crippen molar-refractivity contribution in [2.75, 3.05) is 5.73 Å². The molecular weight excluding hydrogens is 248 g/mol. The molecule has 0 atom stereocenters. The molecule has 98 valence electrons. The van der Waals surface area contributed by atoms with Crippen molar-refractivity contribution in [3.05, 3.63) is 23.3 Å². The average molecular weight is 266 g/mol. The molecule has 0 aliphatic heterocycles. The average Bonchev–Trinajstić information content (AvgIpc) is 2.21. The van der Waals surface area contributed by atoms with Crippen LogP contribution in [0.1, 0.15) is 25.0 Å². The van der Waals surface area contributed by atoms with Gasteiger partial charge >= 0.3 is 0 Å². The summed E-state index contributed by atoms with van der Waals surface area (Å²) < 4.78 is 27.0. The topological polar surface area (TPSA) is 72.2 Å². The lowest BCUT2D eigenvalue weighted by Gasteiger charge is -2.21. The van der Waals surface area contributed by atoms with Gasteiger partial charge < -0.3 is 5.73 Å². The van der Waals surface area contributed by atoms with Crippen LogP contribution in [0.4, 0.5) is 5.69 Å². The summed E-state index contributed by atoms with van der Waals surface area (Å²) in [5.74, 6) is 2.39. The number of hydrogen-bond acceptors (Lipinski definition) is 3. The van der Waals surface area contributed by atoms with E-state index in [1.165, 1.54) is 6.07 Å². The Morgan fingerprint density at radius 3 is 2.39 bits per heavy atom. The Kier molecular flexibility index (Phi) is 3.75. The molecule has 18 heavy (non-hydrogen) atoms. The van der Waals surface area contributed by atoms with Crippen LogP contribution < -0.4 is 10.5 Å². The van der Waals surface area contributed by atoms with E-state index < -0.39 is 15.6 Å². The molecule has 0 fully saturated rings. The Morgan fingerprint density at radius 1 is 1.33 bits per heavy atom. The van der Waals surface area contributed by atoms with Crippen molar-refractivity contribution in [2.24, 2.45) is 0 Å². The van der Waals surface area contributed by atoms with Gasteiger partial charge in [0.15, 0.2) is 0 Å². The Labute approximate surface area is 109 Å². The number of nitrogen functional groups attached to an aromatic ring is 1. The summed E-state index contributed by atoms with van der Waals surface area (Å²) in [5, 5.41) is 0. The molecule has 0 saturated heterocycles. The van der Waals surface area contributed by atoms with Gasteiger partial charge in [0.1, 0.15) is 0 Å². The molecule has 1 aromatic rings. The van der Waals surface area contributed by atoms with Gasteiger partial charge in [-0.3, -0.25) is 0 Å². The van der Waals surface area contributed by atoms with Crippen LogP contribution in [0.2, 0.25) is 0 Å². The molecule has 4 nitrogen and oxygen atoms in total. The van der Waals surface area contributed by atoms with E-state index in [4.69, 9.17) is 12.2 Å². The number of terminal acetylenes is 1. The van der Waals surface area contributed by atoms with Gasteiger partial charge in [-0.1, -0.05) is 5.92 Å². The monoisotopic (exact) mass is 266 g/mol. The van der Waals surface area contributed by atoms with Crippen molar-refractivity contribution < 1.29 is 8.42 Å². The Hall–Kier alpha value is -1.51. The number of aryl methyl sites for hydroxylation is 1. The van der Waals surface area contributed by atoms with Crippen molar-refractivity contribution >= 4 is 15.7 Å². The van der Waals surface area contributed by atoms with Crippen LogP contribution in [0, 0.1) is 26.2 Å². The Morgan fingerprint density at radius 2 is 1.89 bits per heavy atom. The molecule has 1 rings (SSSR count). The van der Waals surface area contributed by atoms with E-state index in [2.05, 4.69) is 10.6 Å². The minimum absolute atomic E-state index is 0.170. The summed E-state index contributed by atoms with van der Waals surface area (Å²) in [6.45, 7) is 6.81. The standard InChI is InChI=1S/C13H18N2O2S/c1-6-13(4,5)15-18(16,17)12-8-11(14)7-9(2)10(12)3/h1,7-8,15H,14H2,2-5H3. The summed E-state index contributed by atoms with van der Waals surface area (Å²) in [6, 6.07) is 3.18. The fraction of sp³-hybridized carbons (Fsp3) is 0.385. The fourth-order valence-corrected chi connectivity index (χ4v) is 3.25. The molecule has 3 N–H and O–H groups in total. The van der Waals surface area contributed by atoms with Gasteiger partial charge in [-0.25, -0.2) is 8.42 Å². The highest BCUT2D eigenvalue weighted by molar-refractivity contribution is 7.89. The van der Waals surface area contributed by atoms with E-state index in [0.29, 0.717) is 11.3 Å². The van der Waals surface area contributed by atoms with Crippen LogP contribution in [0.25, 0.3) is 0 Å². The summed E-state index contributed by atoms with van der Waals surface area (Å²) in [6.07, 6.45) is 5.29. The van der Waals surface area contributed by atoms with Gasteiger partial charge in [0.05, 0.1) is 10.4 Å². The molecule has 0 unspecified atom stereocenters. The first-order valence-corrected chi connectivity index (χ1v) is 6.96. The molecule has 0 aliphatic carbocycles. The summed E-state index contributed by atoms with van der Waals surface area (Å²) in [5.41, 5.74) is 6.66. The number of benzene rings is 1. The van der Waals surface area contributed by atoms with Crippen LogP contribution in [-0.2, 0) is 10.0 Å². The summed E-state index contributed by atoms with van der Waals surface area (Å²) in [7, 11) is -3.68. The molecule has 0 radical (unpaired) electrons. The predicted molar refractivity (Wildman–Crippen MR) is 73.6 cm³/mol. The van der Waals surface area contributed by atoms with E-state index in [1.807, 2.05) is 6.92 Å². The quantitative estimate of drug-likeness (QED) is 0.644. The molecule has 0 heterocycles. The molecule has 0 saturated carbocycles. The molecule has 0 bridgehead atoms. The van der Waals surface area contributed by atoms with E-state index in [9.17, 15) is 8.42 Å². The minimum Gasteiger partial charge on any atom is -0.399 e. The molecule has 0 aliphatic rings. The third kappa shape index (κ3) is 3.03. The SMILES string of the molecule is C#CC(C)(C)NS(=O)(=O)c1cc(N)cc(C)c1C. The van der Waals surface area contributed by atoms with Crippen LogP contribution in [0.5, 0.6) is 0 Å². The number of anilines is 1. The zero-order valence-corrected chi connectivity index (χ0v) is 11.9. The lowest BCUT2D eigenvalue weighted by Crippen LogP contribution is -2.42. The second-order valence-electron chi connectivity index (χ2n) is 4.84. The van der Waals surface area contributed by atoms with Crippen molar-refractivity contribution in [2.45, 2.75) is 38.1 Å². The van der Waals surface area contributed by atoms with Gasteiger partial charge in [0.2, 0.25) is 10.0 Å². The Balaban J connectivity index is 3.35. The number of nitrogens with one attached hydrogen (secondary N) is 1. The van der Waals surface area contributed by atoms with Gasteiger partial charge in [-0.2, -0.15) is 4.72 Å². The first-order valence-electron chi connectivity index (χ1n) is 5.47. The number of rotatable bonds is 3. The zero-order chi connectivity index (χ0) is 14.1. The summed E-state index contributed by atoms with van der Waals surface area (Å²) in [4.78, 5) is 0.170. The lowest BCUT2D eigenvalue weighted by molar-refractivity contribution is 0.538. The summed E-state index contributed by atoms with van der Waals surface area (Å²) >= 11 is 0. The second kappa shape index (κ2) is 4.63. The van der Waals surface area contributed by atoms with Gasteiger partial charge in [0.25, 0.3) is 0 Å². The maximum Gasteiger partial charge on any atom is 0.242 e. The first-order chi connectivity index (χ1) is 8.09.